The average Bonchev–Trinajstić information content (AvgIpc) is 2.36. The standard InChI is InChI=1S/C12H20N2O3S/c1-4-13-9-10-6-7-11(17-3)12(8-10)18(15,16)14-5-2/h6-8,13-14H,4-5,9H2,1-3H3. The van der Waals surface area contributed by atoms with Gasteiger partial charge >= 0.3 is 0 Å². The first-order valence-electron chi connectivity index (χ1n) is 5.92. The van der Waals surface area contributed by atoms with Crippen molar-refractivity contribution in [2.45, 2.75) is 25.3 Å². The fourth-order valence-corrected chi connectivity index (χ4v) is 2.84. The molecule has 0 aliphatic rings. The Labute approximate surface area is 109 Å². The molecule has 0 saturated carbocycles. The number of ether oxygens (including phenoxy) is 1. The lowest BCUT2D eigenvalue weighted by atomic mass is 10.2. The van der Waals surface area contributed by atoms with E-state index in [2.05, 4.69) is 10.0 Å². The summed E-state index contributed by atoms with van der Waals surface area (Å²) < 4.78 is 31.6. The Kier molecular flexibility index (Phi) is 5.58. The number of nitrogens with one attached hydrogen (secondary N) is 2. The summed E-state index contributed by atoms with van der Waals surface area (Å²) in [7, 11) is -2.04. The van der Waals surface area contributed by atoms with Crippen LogP contribution in [0.1, 0.15) is 19.4 Å². The lowest BCUT2D eigenvalue weighted by Crippen LogP contribution is -2.24. The fourth-order valence-electron chi connectivity index (χ4n) is 1.58. The van der Waals surface area contributed by atoms with E-state index in [1.54, 1.807) is 19.1 Å². The van der Waals surface area contributed by atoms with Gasteiger partial charge in [0.2, 0.25) is 10.0 Å². The molecule has 2 N–H and O–H groups in total. The second-order valence-corrected chi connectivity index (χ2v) is 5.50. The number of hydrogen-bond donors (Lipinski definition) is 2. The van der Waals surface area contributed by atoms with E-state index in [0.29, 0.717) is 18.8 Å². The van der Waals surface area contributed by atoms with Crippen LogP contribution in [-0.4, -0.2) is 28.6 Å². The van der Waals surface area contributed by atoms with E-state index in [1.165, 1.54) is 7.11 Å². The quantitative estimate of drug-likeness (QED) is 0.780. The predicted molar refractivity (Wildman–Crippen MR) is 71.2 cm³/mol. The van der Waals surface area contributed by atoms with Gasteiger partial charge in [0.25, 0.3) is 0 Å². The van der Waals surface area contributed by atoms with Crippen LogP contribution >= 0.6 is 0 Å². The van der Waals surface area contributed by atoms with Crippen LogP contribution in [0.15, 0.2) is 23.1 Å². The summed E-state index contributed by atoms with van der Waals surface area (Å²) in [5.41, 5.74) is 0.911. The summed E-state index contributed by atoms with van der Waals surface area (Å²) >= 11 is 0. The van der Waals surface area contributed by atoms with E-state index in [-0.39, 0.29) is 4.90 Å². The van der Waals surface area contributed by atoms with Crippen molar-refractivity contribution in [3.8, 4) is 5.75 Å². The zero-order valence-electron chi connectivity index (χ0n) is 11.0. The molecule has 0 atom stereocenters. The van der Waals surface area contributed by atoms with E-state index >= 15 is 0 Å². The van der Waals surface area contributed by atoms with Crippen LogP contribution in [0.4, 0.5) is 0 Å². The molecule has 0 aliphatic heterocycles. The molecule has 1 rings (SSSR count). The summed E-state index contributed by atoms with van der Waals surface area (Å²) in [4.78, 5) is 0.183. The molecule has 0 bridgehead atoms. The molecular formula is C12H20N2O3S. The van der Waals surface area contributed by atoms with Crippen LogP contribution in [-0.2, 0) is 16.6 Å². The van der Waals surface area contributed by atoms with Gasteiger partial charge in [0, 0.05) is 13.1 Å². The van der Waals surface area contributed by atoms with Crippen molar-refractivity contribution in [2.24, 2.45) is 0 Å². The molecule has 0 unspecified atom stereocenters. The van der Waals surface area contributed by atoms with Gasteiger partial charge in [-0.25, -0.2) is 13.1 Å². The van der Waals surface area contributed by atoms with Gasteiger partial charge in [-0.15, -0.1) is 0 Å². The van der Waals surface area contributed by atoms with Crippen LogP contribution in [0.2, 0.25) is 0 Å². The van der Waals surface area contributed by atoms with Gasteiger partial charge in [-0.3, -0.25) is 0 Å². The van der Waals surface area contributed by atoms with Gasteiger partial charge in [-0.05, 0) is 24.2 Å². The van der Waals surface area contributed by atoms with Crippen LogP contribution in [0, 0.1) is 0 Å². The van der Waals surface area contributed by atoms with Crippen LogP contribution in [0.5, 0.6) is 5.75 Å². The highest BCUT2D eigenvalue weighted by atomic mass is 32.2. The Morgan fingerprint density at radius 2 is 1.94 bits per heavy atom. The molecule has 0 aliphatic carbocycles. The third kappa shape index (κ3) is 3.69. The molecule has 1 aromatic carbocycles. The minimum Gasteiger partial charge on any atom is -0.495 e. The minimum absolute atomic E-state index is 0.183. The third-order valence-corrected chi connectivity index (χ3v) is 4.00. The number of sulfonamides is 1. The molecule has 0 spiro atoms. The van der Waals surface area contributed by atoms with Crippen LogP contribution in [0.25, 0.3) is 0 Å². The lowest BCUT2D eigenvalue weighted by molar-refractivity contribution is 0.402. The first-order valence-corrected chi connectivity index (χ1v) is 7.40. The highest BCUT2D eigenvalue weighted by molar-refractivity contribution is 7.89. The predicted octanol–water partition coefficient (Wildman–Crippen LogP) is 1.10. The van der Waals surface area contributed by atoms with Gasteiger partial charge in [0.1, 0.15) is 10.6 Å². The molecule has 1 aromatic rings. The molecule has 0 heterocycles. The summed E-state index contributed by atoms with van der Waals surface area (Å²) in [5, 5.41) is 3.16. The molecule has 0 saturated heterocycles. The van der Waals surface area contributed by atoms with E-state index in [0.717, 1.165) is 12.1 Å². The Bertz CT molecular complexity index is 486. The van der Waals surface area contributed by atoms with Gasteiger partial charge in [0.05, 0.1) is 7.11 Å². The number of methoxy groups -OCH3 is 1. The van der Waals surface area contributed by atoms with Crippen molar-refractivity contribution in [1.29, 1.82) is 0 Å². The zero-order valence-corrected chi connectivity index (χ0v) is 11.8. The average molecular weight is 272 g/mol. The van der Waals surface area contributed by atoms with Crippen LogP contribution in [0.3, 0.4) is 0 Å². The largest absolute Gasteiger partial charge is 0.495 e. The Morgan fingerprint density at radius 1 is 1.22 bits per heavy atom. The van der Waals surface area contributed by atoms with E-state index in [9.17, 15) is 8.42 Å². The maximum Gasteiger partial charge on any atom is 0.244 e. The topological polar surface area (TPSA) is 67.4 Å². The monoisotopic (exact) mass is 272 g/mol. The first kappa shape index (κ1) is 14.9. The molecule has 0 fully saturated rings. The number of benzene rings is 1. The summed E-state index contributed by atoms with van der Waals surface area (Å²) in [6.45, 7) is 5.56. The van der Waals surface area contributed by atoms with E-state index < -0.39 is 10.0 Å². The zero-order chi connectivity index (χ0) is 13.6. The van der Waals surface area contributed by atoms with Crippen molar-refractivity contribution in [3.63, 3.8) is 0 Å². The maximum atomic E-state index is 12.0. The van der Waals surface area contributed by atoms with Gasteiger partial charge < -0.3 is 10.1 Å². The molecule has 0 radical (unpaired) electrons. The maximum absolute atomic E-state index is 12.0. The summed E-state index contributed by atoms with van der Waals surface area (Å²) in [6.07, 6.45) is 0. The SMILES string of the molecule is CCNCc1ccc(OC)c(S(=O)(=O)NCC)c1. The molecule has 5 nitrogen and oxygen atoms in total. The fraction of sp³-hybridized carbons (Fsp3) is 0.500. The van der Waals surface area contributed by atoms with Crippen LogP contribution < -0.4 is 14.8 Å². The van der Waals surface area contributed by atoms with Crippen molar-refractivity contribution in [3.05, 3.63) is 23.8 Å². The molecule has 0 aromatic heterocycles. The van der Waals surface area contributed by atoms with Crippen molar-refractivity contribution in [1.82, 2.24) is 10.0 Å². The molecule has 0 amide bonds. The Balaban J connectivity index is 3.14. The smallest absolute Gasteiger partial charge is 0.244 e. The first-order chi connectivity index (χ1) is 8.55. The lowest BCUT2D eigenvalue weighted by Gasteiger charge is -2.11. The van der Waals surface area contributed by atoms with E-state index in [1.807, 2.05) is 13.0 Å². The van der Waals surface area contributed by atoms with Gasteiger partial charge in [0.15, 0.2) is 0 Å². The van der Waals surface area contributed by atoms with Gasteiger partial charge in [-0.1, -0.05) is 19.9 Å². The van der Waals surface area contributed by atoms with Crippen molar-refractivity contribution < 1.29 is 13.2 Å². The van der Waals surface area contributed by atoms with Crippen molar-refractivity contribution >= 4 is 10.0 Å². The second-order valence-electron chi connectivity index (χ2n) is 3.77. The van der Waals surface area contributed by atoms with Gasteiger partial charge in [-0.2, -0.15) is 0 Å². The molecule has 18 heavy (non-hydrogen) atoms. The highest BCUT2D eigenvalue weighted by Gasteiger charge is 2.18. The molecule has 6 heteroatoms. The van der Waals surface area contributed by atoms with E-state index in [4.69, 9.17) is 4.74 Å². The number of hydrogen-bond acceptors (Lipinski definition) is 4. The number of rotatable bonds is 7. The minimum atomic E-state index is -3.50. The van der Waals surface area contributed by atoms with Crippen molar-refractivity contribution in [2.75, 3.05) is 20.2 Å². The summed E-state index contributed by atoms with van der Waals surface area (Å²) in [5.74, 6) is 0.358. The molecular weight excluding hydrogens is 252 g/mol. The highest BCUT2D eigenvalue weighted by Crippen LogP contribution is 2.24. The normalized spacial score (nSPS) is 11.5. The third-order valence-electron chi connectivity index (χ3n) is 2.43. The molecule has 102 valence electrons. The Hall–Kier alpha value is -1.11. The second kappa shape index (κ2) is 6.72. The summed E-state index contributed by atoms with van der Waals surface area (Å²) in [6, 6.07) is 5.17. The Morgan fingerprint density at radius 3 is 2.50 bits per heavy atom.